The van der Waals surface area contributed by atoms with E-state index in [1.807, 2.05) is 6.92 Å². The van der Waals surface area contributed by atoms with Gasteiger partial charge in [-0.1, -0.05) is 13.5 Å². The van der Waals surface area contributed by atoms with Gasteiger partial charge in [-0.05, 0) is 12.5 Å². The van der Waals surface area contributed by atoms with Crippen molar-refractivity contribution in [3.8, 4) is 0 Å². The van der Waals surface area contributed by atoms with E-state index >= 15 is 0 Å². The lowest BCUT2D eigenvalue weighted by molar-refractivity contribution is 0.783. The molecule has 40 valence electrons. The molecule has 0 rings (SSSR count). The molecule has 0 amide bonds. The lowest BCUT2D eigenvalue weighted by Crippen LogP contribution is -2.13. The highest BCUT2D eigenvalue weighted by Crippen LogP contribution is 1.83. The highest BCUT2D eigenvalue weighted by Gasteiger charge is 1.85. The monoisotopic (exact) mass is 97.1 g/mol. The van der Waals surface area contributed by atoms with Crippen LogP contribution in [0.4, 0.5) is 0 Å². The molecule has 0 saturated carbocycles. The van der Waals surface area contributed by atoms with Gasteiger partial charge in [0.15, 0.2) is 0 Å². The summed E-state index contributed by atoms with van der Waals surface area (Å²) in [5.74, 6) is 0. The Morgan fingerprint density at radius 1 is 2.00 bits per heavy atom. The third-order valence-electron chi connectivity index (χ3n) is 0.803. The van der Waals surface area contributed by atoms with Crippen molar-refractivity contribution in [3.05, 3.63) is 18.4 Å². The van der Waals surface area contributed by atoms with Gasteiger partial charge < -0.3 is 5.73 Å². The standard InChI is InChI=1S/C6H11N/c1-3-5-6(7)4-2/h5-6H,1,4,7H2,2H3. The van der Waals surface area contributed by atoms with Crippen LogP contribution >= 0.6 is 0 Å². The zero-order valence-electron chi connectivity index (χ0n) is 4.65. The van der Waals surface area contributed by atoms with Crippen molar-refractivity contribution in [2.45, 2.75) is 19.4 Å². The molecule has 0 aliphatic carbocycles. The van der Waals surface area contributed by atoms with Crippen LogP contribution in [-0.4, -0.2) is 6.04 Å². The Bertz CT molecular complexity index is 80.2. The second-order valence-corrected chi connectivity index (χ2v) is 1.44. The highest BCUT2D eigenvalue weighted by molar-refractivity contribution is 4.86. The topological polar surface area (TPSA) is 26.0 Å². The summed E-state index contributed by atoms with van der Waals surface area (Å²) in [5, 5.41) is 0. The van der Waals surface area contributed by atoms with Crippen LogP contribution in [0.1, 0.15) is 13.3 Å². The predicted molar refractivity (Wildman–Crippen MR) is 32.0 cm³/mol. The molecule has 0 aromatic carbocycles. The van der Waals surface area contributed by atoms with E-state index in [9.17, 15) is 0 Å². The minimum Gasteiger partial charge on any atom is -0.324 e. The number of hydrogen-bond acceptors (Lipinski definition) is 1. The average Bonchev–Trinajstić information content (AvgIpc) is 1.68. The first kappa shape index (κ1) is 6.48. The molecule has 0 aliphatic heterocycles. The summed E-state index contributed by atoms with van der Waals surface area (Å²) in [6, 6.07) is 0.150. The highest BCUT2D eigenvalue weighted by atomic mass is 14.6. The molecular formula is C6H11N. The maximum absolute atomic E-state index is 5.43. The Kier molecular flexibility index (Phi) is 3.39. The van der Waals surface area contributed by atoms with E-state index < -0.39 is 0 Å². The zero-order chi connectivity index (χ0) is 5.70. The van der Waals surface area contributed by atoms with E-state index in [-0.39, 0.29) is 6.04 Å². The summed E-state index contributed by atoms with van der Waals surface area (Å²) in [6.07, 6.45) is 2.72. The molecule has 0 radical (unpaired) electrons. The molecule has 0 aromatic heterocycles. The molecule has 0 aliphatic rings. The van der Waals surface area contributed by atoms with Crippen molar-refractivity contribution in [2.24, 2.45) is 5.73 Å². The molecule has 0 saturated heterocycles. The Labute approximate surface area is 44.5 Å². The van der Waals surface area contributed by atoms with Gasteiger partial charge in [0.05, 0.1) is 0 Å². The van der Waals surface area contributed by atoms with Gasteiger partial charge in [0, 0.05) is 6.04 Å². The van der Waals surface area contributed by atoms with Crippen LogP contribution in [0.3, 0.4) is 0 Å². The summed E-state index contributed by atoms with van der Waals surface area (Å²) >= 11 is 0. The number of hydrogen-bond donors (Lipinski definition) is 1. The van der Waals surface area contributed by atoms with E-state index in [4.69, 9.17) is 5.73 Å². The molecule has 0 fully saturated rings. The summed E-state index contributed by atoms with van der Waals surface area (Å²) in [6.45, 7) is 5.41. The first-order valence-electron chi connectivity index (χ1n) is 2.42. The fourth-order valence-corrected chi connectivity index (χ4v) is 0.269. The fraction of sp³-hybridized carbons (Fsp3) is 0.500. The van der Waals surface area contributed by atoms with Crippen molar-refractivity contribution in [3.63, 3.8) is 0 Å². The molecule has 1 atom stereocenters. The summed E-state index contributed by atoms with van der Waals surface area (Å²) in [4.78, 5) is 0. The molecule has 7 heavy (non-hydrogen) atoms. The van der Waals surface area contributed by atoms with Gasteiger partial charge in [-0.2, -0.15) is 0 Å². The third kappa shape index (κ3) is 3.31. The van der Waals surface area contributed by atoms with Gasteiger partial charge in [0.1, 0.15) is 0 Å². The van der Waals surface area contributed by atoms with Gasteiger partial charge >= 0.3 is 0 Å². The lowest BCUT2D eigenvalue weighted by Gasteiger charge is -1.94. The Balaban J connectivity index is 3.35. The first-order chi connectivity index (χ1) is 3.31. The molecule has 0 bridgehead atoms. The fourth-order valence-electron chi connectivity index (χ4n) is 0.269. The number of rotatable bonds is 2. The van der Waals surface area contributed by atoms with Gasteiger partial charge in [-0.15, -0.1) is 5.73 Å². The van der Waals surface area contributed by atoms with Crippen LogP contribution in [0.25, 0.3) is 0 Å². The van der Waals surface area contributed by atoms with Crippen LogP contribution in [0, 0.1) is 0 Å². The van der Waals surface area contributed by atoms with E-state index in [0.29, 0.717) is 0 Å². The maximum Gasteiger partial charge on any atom is 0.0296 e. The molecule has 0 heterocycles. The Morgan fingerprint density at radius 2 is 2.57 bits per heavy atom. The zero-order valence-corrected chi connectivity index (χ0v) is 4.65. The van der Waals surface area contributed by atoms with E-state index in [2.05, 4.69) is 12.3 Å². The van der Waals surface area contributed by atoms with Crippen molar-refractivity contribution < 1.29 is 0 Å². The van der Waals surface area contributed by atoms with Gasteiger partial charge in [0.2, 0.25) is 0 Å². The lowest BCUT2D eigenvalue weighted by atomic mass is 10.2. The van der Waals surface area contributed by atoms with Crippen molar-refractivity contribution in [1.29, 1.82) is 0 Å². The smallest absolute Gasteiger partial charge is 0.0296 e. The van der Waals surface area contributed by atoms with E-state index in [1.54, 1.807) is 6.08 Å². The average molecular weight is 97.2 g/mol. The van der Waals surface area contributed by atoms with Crippen LogP contribution in [0.15, 0.2) is 18.4 Å². The minimum absolute atomic E-state index is 0.150. The van der Waals surface area contributed by atoms with Crippen LogP contribution in [-0.2, 0) is 0 Å². The molecule has 1 nitrogen and oxygen atoms in total. The normalized spacial score (nSPS) is 12.3. The predicted octanol–water partition coefficient (Wildman–Crippen LogP) is 1.06. The summed E-state index contributed by atoms with van der Waals surface area (Å²) < 4.78 is 0. The van der Waals surface area contributed by atoms with E-state index in [1.165, 1.54) is 0 Å². The van der Waals surface area contributed by atoms with Crippen molar-refractivity contribution >= 4 is 0 Å². The molecule has 1 unspecified atom stereocenters. The Morgan fingerprint density at radius 3 is 2.71 bits per heavy atom. The quantitative estimate of drug-likeness (QED) is 0.512. The first-order valence-corrected chi connectivity index (χ1v) is 2.42. The summed E-state index contributed by atoms with van der Waals surface area (Å²) in [5.41, 5.74) is 8.04. The van der Waals surface area contributed by atoms with Crippen molar-refractivity contribution in [1.82, 2.24) is 0 Å². The second kappa shape index (κ2) is 3.66. The van der Waals surface area contributed by atoms with Gasteiger partial charge in [0.25, 0.3) is 0 Å². The molecule has 2 N–H and O–H groups in total. The van der Waals surface area contributed by atoms with Crippen molar-refractivity contribution in [2.75, 3.05) is 0 Å². The molecule has 1 heteroatoms. The third-order valence-corrected chi connectivity index (χ3v) is 0.803. The van der Waals surface area contributed by atoms with Gasteiger partial charge in [-0.3, -0.25) is 0 Å². The summed E-state index contributed by atoms with van der Waals surface area (Å²) in [7, 11) is 0. The largest absolute Gasteiger partial charge is 0.324 e. The second-order valence-electron chi connectivity index (χ2n) is 1.44. The van der Waals surface area contributed by atoms with E-state index in [0.717, 1.165) is 6.42 Å². The molecule has 0 spiro atoms. The SMILES string of the molecule is C=C=CC(N)CC. The minimum atomic E-state index is 0.150. The van der Waals surface area contributed by atoms with Crippen LogP contribution in [0.5, 0.6) is 0 Å². The maximum atomic E-state index is 5.43. The van der Waals surface area contributed by atoms with Crippen LogP contribution in [0.2, 0.25) is 0 Å². The Hall–Kier alpha value is -0.520. The van der Waals surface area contributed by atoms with Gasteiger partial charge in [-0.25, -0.2) is 0 Å². The van der Waals surface area contributed by atoms with Crippen LogP contribution < -0.4 is 5.73 Å². The molecule has 0 aromatic rings. The molecular weight excluding hydrogens is 86.1 g/mol. The number of nitrogens with two attached hydrogens (primary N) is 1.